The summed E-state index contributed by atoms with van der Waals surface area (Å²) in [5.41, 5.74) is 1.62. The van der Waals surface area contributed by atoms with E-state index in [1.165, 1.54) is 0 Å². The van der Waals surface area contributed by atoms with Crippen molar-refractivity contribution in [2.24, 2.45) is 0 Å². The molecule has 0 saturated heterocycles. The molecule has 1 N–H and O–H groups in total. The highest BCUT2D eigenvalue weighted by molar-refractivity contribution is 14.1. The van der Waals surface area contributed by atoms with E-state index >= 15 is 0 Å². The third kappa shape index (κ3) is 2.87. The minimum atomic E-state index is -0.690. The van der Waals surface area contributed by atoms with Gasteiger partial charge in [-0.15, -0.1) is 0 Å². The Morgan fingerprint density at radius 2 is 2.22 bits per heavy atom. The van der Waals surface area contributed by atoms with Crippen LogP contribution in [0.4, 0.5) is 0 Å². The van der Waals surface area contributed by atoms with Gasteiger partial charge in [-0.25, -0.2) is 0 Å². The third-order valence-corrected chi connectivity index (χ3v) is 3.94. The van der Waals surface area contributed by atoms with Gasteiger partial charge in [0.15, 0.2) is 0 Å². The van der Waals surface area contributed by atoms with Crippen LogP contribution in [0.2, 0.25) is 5.02 Å². The summed E-state index contributed by atoms with van der Waals surface area (Å²) < 4.78 is 2.83. The standard InChI is InChI=1S/C13H14ClIN2O/c1-2-7-17-12(5-6-16-17)13(18)10-8-9(14)3-4-11(10)15/h3-6,8,13,18H,2,7H2,1H3. The van der Waals surface area contributed by atoms with Gasteiger partial charge in [-0.1, -0.05) is 18.5 Å². The number of nitrogens with zero attached hydrogens (tertiary/aromatic N) is 2. The van der Waals surface area contributed by atoms with Crippen LogP contribution in [0, 0.1) is 3.57 Å². The summed E-state index contributed by atoms with van der Waals surface area (Å²) in [6, 6.07) is 7.37. The molecule has 0 saturated carbocycles. The minimum Gasteiger partial charge on any atom is -0.382 e. The van der Waals surface area contributed by atoms with E-state index in [9.17, 15) is 5.11 Å². The number of halogens is 2. The van der Waals surface area contributed by atoms with Crippen LogP contribution in [0.15, 0.2) is 30.5 Å². The predicted octanol–water partition coefficient (Wildman–Crippen LogP) is 3.63. The molecule has 0 fully saturated rings. The van der Waals surface area contributed by atoms with Gasteiger partial charge in [0.25, 0.3) is 0 Å². The molecule has 0 aliphatic carbocycles. The molecule has 1 aromatic heterocycles. The monoisotopic (exact) mass is 376 g/mol. The fourth-order valence-corrected chi connectivity index (χ4v) is 2.67. The van der Waals surface area contributed by atoms with Crippen molar-refractivity contribution in [2.75, 3.05) is 0 Å². The van der Waals surface area contributed by atoms with Crippen molar-refractivity contribution < 1.29 is 5.11 Å². The summed E-state index contributed by atoms with van der Waals surface area (Å²) in [5, 5.41) is 15.3. The second-order valence-electron chi connectivity index (χ2n) is 4.05. The molecule has 18 heavy (non-hydrogen) atoms. The molecule has 0 amide bonds. The predicted molar refractivity (Wildman–Crippen MR) is 80.7 cm³/mol. The summed E-state index contributed by atoms with van der Waals surface area (Å²) in [4.78, 5) is 0. The van der Waals surface area contributed by atoms with Crippen LogP contribution in [0.3, 0.4) is 0 Å². The number of aromatic nitrogens is 2. The second-order valence-corrected chi connectivity index (χ2v) is 5.65. The van der Waals surface area contributed by atoms with E-state index in [4.69, 9.17) is 11.6 Å². The Hall–Kier alpha value is -0.590. The van der Waals surface area contributed by atoms with Crippen molar-refractivity contribution in [1.82, 2.24) is 9.78 Å². The Balaban J connectivity index is 2.38. The van der Waals surface area contributed by atoms with E-state index in [0.717, 1.165) is 27.8 Å². The Bertz CT molecular complexity index is 542. The fraction of sp³-hybridized carbons (Fsp3) is 0.308. The molecule has 1 aromatic carbocycles. The topological polar surface area (TPSA) is 38.0 Å². The molecule has 96 valence electrons. The van der Waals surface area contributed by atoms with Crippen molar-refractivity contribution in [3.8, 4) is 0 Å². The number of rotatable bonds is 4. The first-order valence-electron chi connectivity index (χ1n) is 5.78. The lowest BCUT2D eigenvalue weighted by molar-refractivity contribution is 0.206. The van der Waals surface area contributed by atoms with Crippen molar-refractivity contribution in [2.45, 2.75) is 26.0 Å². The summed E-state index contributed by atoms with van der Waals surface area (Å²) in [6.45, 7) is 2.89. The smallest absolute Gasteiger partial charge is 0.122 e. The fourth-order valence-electron chi connectivity index (χ4n) is 1.86. The number of aliphatic hydroxyl groups is 1. The molecule has 0 bridgehead atoms. The van der Waals surface area contributed by atoms with Crippen LogP contribution in [0.25, 0.3) is 0 Å². The molecule has 2 aromatic rings. The maximum Gasteiger partial charge on any atom is 0.122 e. The molecule has 0 aliphatic rings. The largest absolute Gasteiger partial charge is 0.382 e. The molecule has 5 heteroatoms. The zero-order valence-corrected chi connectivity index (χ0v) is 12.9. The van der Waals surface area contributed by atoms with Gasteiger partial charge in [-0.3, -0.25) is 4.68 Å². The normalized spacial score (nSPS) is 12.7. The van der Waals surface area contributed by atoms with E-state index in [2.05, 4.69) is 34.6 Å². The quantitative estimate of drug-likeness (QED) is 0.828. The highest BCUT2D eigenvalue weighted by Gasteiger charge is 2.17. The molecule has 0 radical (unpaired) electrons. The number of hydrogen-bond acceptors (Lipinski definition) is 2. The van der Waals surface area contributed by atoms with Gasteiger partial charge in [0, 0.05) is 26.9 Å². The Morgan fingerprint density at radius 3 is 2.94 bits per heavy atom. The molecule has 0 spiro atoms. The van der Waals surface area contributed by atoms with Gasteiger partial charge in [0.05, 0.1) is 5.69 Å². The van der Waals surface area contributed by atoms with Crippen LogP contribution in [-0.4, -0.2) is 14.9 Å². The zero-order valence-electron chi connectivity index (χ0n) is 9.98. The lowest BCUT2D eigenvalue weighted by Crippen LogP contribution is -2.11. The van der Waals surface area contributed by atoms with Crippen molar-refractivity contribution >= 4 is 34.2 Å². The van der Waals surface area contributed by atoms with Crippen molar-refractivity contribution in [3.05, 3.63) is 50.3 Å². The van der Waals surface area contributed by atoms with Crippen molar-refractivity contribution in [1.29, 1.82) is 0 Å². The summed E-state index contributed by atoms with van der Waals surface area (Å²) in [7, 11) is 0. The SMILES string of the molecule is CCCn1nccc1C(O)c1cc(Cl)ccc1I. The van der Waals surface area contributed by atoms with Gasteiger partial charge < -0.3 is 5.11 Å². The average molecular weight is 377 g/mol. The first-order chi connectivity index (χ1) is 8.63. The molecule has 1 unspecified atom stereocenters. The molecular weight excluding hydrogens is 363 g/mol. The summed E-state index contributed by atoms with van der Waals surface area (Å²) in [5.74, 6) is 0. The van der Waals surface area contributed by atoms with E-state index in [1.807, 2.05) is 22.9 Å². The van der Waals surface area contributed by atoms with Crippen LogP contribution < -0.4 is 0 Å². The second kappa shape index (κ2) is 6.04. The average Bonchev–Trinajstić information content (AvgIpc) is 2.80. The Labute approximate surface area is 125 Å². The minimum absolute atomic E-state index is 0.631. The first-order valence-corrected chi connectivity index (χ1v) is 7.24. The number of aryl methyl sites for hydroxylation is 1. The highest BCUT2D eigenvalue weighted by atomic mass is 127. The third-order valence-electron chi connectivity index (χ3n) is 2.72. The van der Waals surface area contributed by atoms with Gasteiger partial charge in [-0.2, -0.15) is 5.10 Å². The Morgan fingerprint density at radius 1 is 1.44 bits per heavy atom. The molecule has 3 nitrogen and oxygen atoms in total. The van der Waals surface area contributed by atoms with Crippen LogP contribution in [0.5, 0.6) is 0 Å². The summed E-state index contributed by atoms with van der Waals surface area (Å²) >= 11 is 8.19. The van der Waals surface area contributed by atoms with E-state index in [1.54, 1.807) is 12.3 Å². The van der Waals surface area contributed by atoms with E-state index in [0.29, 0.717) is 5.02 Å². The summed E-state index contributed by atoms with van der Waals surface area (Å²) in [6.07, 6.45) is 2.00. The molecule has 0 aliphatic heterocycles. The lowest BCUT2D eigenvalue weighted by atomic mass is 10.1. The van der Waals surface area contributed by atoms with Gasteiger partial charge >= 0.3 is 0 Å². The molecule has 1 atom stereocenters. The van der Waals surface area contributed by atoms with Gasteiger partial charge in [-0.05, 0) is 53.3 Å². The van der Waals surface area contributed by atoms with Crippen LogP contribution >= 0.6 is 34.2 Å². The molecule has 2 rings (SSSR count). The van der Waals surface area contributed by atoms with Crippen LogP contribution in [-0.2, 0) is 6.54 Å². The van der Waals surface area contributed by atoms with Crippen LogP contribution in [0.1, 0.15) is 30.7 Å². The van der Waals surface area contributed by atoms with Gasteiger partial charge in [0.1, 0.15) is 6.10 Å². The number of hydrogen-bond donors (Lipinski definition) is 1. The highest BCUT2D eigenvalue weighted by Crippen LogP contribution is 2.28. The van der Waals surface area contributed by atoms with E-state index < -0.39 is 6.10 Å². The maximum absolute atomic E-state index is 10.5. The Kier molecular flexibility index (Phi) is 4.64. The molecule has 1 heterocycles. The van der Waals surface area contributed by atoms with E-state index in [-0.39, 0.29) is 0 Å². The maximum atomic E-state index is 10.5. The van der Waals surface area contributed by atoms with Crippen molar-refractivity contribution in [3.63, 3.8) is 0 Å². The van der Waals surface area contributed by atoms with Gasteiger partial charge in [0.2, 0.25) is 0 Å². The number of benzene rings is 1. The zero-order chi connectivity index (χ0) is 13.1. The number of aliphatic hydroxyl groups excluding tert-OH is 1. The lowest BCUT2D eigenvalue weighted by Gasteiger charge is -2.15. The first kappa shape index (κ1) is 13.8. The molecular formula is C13H14ClIN2O.